The summed E-state index contributed by atoms with van der Waals surface area (Å²) >= 11 is 0. The molecule has 4 nitrogen and oxygen atoms in total. The Morgan fingerprint density at radius 1 is 1.11 bits per heavy atom. The van der Waals surface area contributed by atoms with Crippen LogP contribution in [0.15, 0.2) is 53.4 Å². The second-order valence-electron chi connectivity index (χ2n) is 7.14. The molecule has 3 rings (SSSR count). The lowest BCUT2D eigenvalue weighted by Gasteiger charge is -2.26. The first-order chi connectivity index (χ1) is 13.0. The molecule has 1 aliphatic heterocycles. The van der Waals surface area contributed by atoms with Crippen LogP contribution in [0.2, 0.25) is 0 Å². The van der Waals surface area contributed by atoms with Gasteiger partial charge in [0.15, 0.2) is 0 Å². The lowest BCUT2D eigenvalue weighted by molar-refractivity contribution is -0.137. The minimum Gasteiger partial charge on any atom is -0.365 e. The van der Waals surface area contributed by atoms with Crippen LogP contribution in [-0.2, 0) is 30.8 Å². The number of hydrogen-bond acceptors (Lipinski definition) is 4. The second-order valence-corrected chi connectivity index (χ2v) is 8.75. The molecule has 0 N–H and O–H groups in total. The predicted octanol–water partition coefficient (Wildman–Crippen LogP) is 4.81. The third kappa shape index (κ3) is 4.56. The Hall–Kier alpha value is -1.90. The fourth-order valence-corrected chi connectivity index (χ4v) is 4.14. The molecule has 8 heteroatoms. The second kappa shape index (κ2) is 7.50. The van der Waals surface area contributed by atoms with E-state index in [1.54, 1.807) is 19.1 Å². The smallest absolute Gasteiger partial charge is 0.365 e. The molecule has 1 aliphatic rings. The zero-order valence-electron chi connectivity index (χ0n) is 15.5. The van der Waals surface area contributed by atoms with Crippen LogP contribution in [0, 0.1) is 6.92 Å². The standard InChI is InChI=1S/C20H21F3O4S/c1-14-3-9-18(10-4-14)28(24,25)26-13-17-11-12-19(2,27-17)15-5-7-16(8-6-15)20(21,22)23/h3-10,17H,11-13H2,1-2H3/t17-,19+/m1/s1. The number of benzene rings is 2. The van der Waals surface area contributed by atoms with Crippen LogP contribution in [0.1, 0.15) is 36.5 Å². The quantitative estimate of drug-likeness (QED) is 0.659. The van der Waals surface area contributed by atoms with Crippen molar-refractivity contribution in [2.45, 2.75) is 49.5 Å². The summed E-state index contributed by atoms with van der Waals surface area (Å²) in [6.07, 6.45) is -3.76. The minimum absolute atomic E-state index is 0.0709. The Bertz CT molecular complexity index is 921. The molecule has 0 saturated carbocycles. The first-order valence-electron chi connectivity index (χ1n) is 8.81. The molecule has 0 radical (unpaired) electrons. The van der Waals surface area contributed by atoms with Crippen molar-refractivity contribution in [2.24, 2.45) is 0 Å². The number of hydrogen-bond donors (Lipinski definition) is 0. The van der Waals surface area contributed by atoms with Gasteiger partial charge in [0.25, 0.3) is 10.1 Å². The molecule has 0 aliphatic carbocycles. The lowest BCUT2D eigenvalue weighted by atomic mass is 9.92. The van der Waals surface area contributed by atoms with Crippen molar-refractivity contribution in [3.8, 4) is 0 Å². The lowest BCUT2D eigenvalue weighted by Crippen LogP contribution is -2.25. The van der Waals surface area contributed by atoms with Gasteiger partial charge >= 0.3 is 6.18 Å². The van der Waals surface area contributed by atoms with E-state index >= 15 is 0 Å². The van der Waals surface area contributed by atoms with Crippen molar-refractivity contribution in [3.63, 3.8) is 0 Å². The zero-order valence-corrected chi connectivity index (χ0v) is 16.3. The topological polar surface area (TPSA) is 52.6 Å². The van der Waals surface area contributed by atoms with Gasteiger partial charge in [0.2, 0.25) is 0 Å². The van der Waals surface area contributed by atoms with Gasteiger partial charge in [-0.15, -0.1) is 0 Å². The van der Waals surface area contributed by atoms with Crippen LogP contribution < -0.4 is 0 Å². The molecule has 0 aromatic heterocycles. The molecular weight excluding hydrogens is 393 g/mol. The van der Waals surface area contributed by atoms with Crippen LogP contribution in [0.3, 0.4) is 0 Å². The average Bonchev–Trinajstić information content (AvgIpc) is 3.03. The molecule has 1 saturated heterocycles. The predicted molar refractivity (Wildman–Crippen MR) is 97.2 cm³/mol. The van der Waals surface area contributed by atoms with Gasteiger partial charge in [-0.3, -0.25) is 4.18 Å². The van der Waals surface area contributed by atoms with Gasteiger partial charge in [-0.2, -0.15) is 21.6 Å². The third-order valence-corrected chi connectivity index (χ3v) is 6.21. The largest absolute Gasteiger partial charge is 0.416 e. The highest BCUT2D eigenvalue weighted by Gasteiger charge is 2.39. The normalized spacial score (nSPS) is 23.1. The molecule has 1 fully saturated rings. The summed E-state index contributed by atoms with van der Waals surface area (Å²) in [6.45, 7) is 3.49. The molecule has 0 amide bonds. The molecular formula is C20H21F3O4S. The summed E-state index contributed by atoms with van der Waals surface area (Å²) in [5.74, 6) is 0. The number of alkyl halides is 3. The molecule has 1 heterocycles. The number of rotatable bonds is 5. The molecule has 2 aromatic carbocycles. The van der Waals surface area contributed by atoms with Crippen molar-refractivity contribution in [1.29, 1.82) is 0 Å². The van der Waals surface area contributed by atoms with E-state index in [0.717, 1.165) is 17.7 Å². The summed E-state index contributed by atoms with van der Waals surface area (Å²) in [5.41, 5.74) is 0.0443. The summed E-state index contributed by atoms with van der Waals surface area (Å²) in [7, 11) is -3.89. The van der Waals surface area contributed by atoms with Gasteiger partial charge in [-0.25, -0.2) is 0 Å². The Morgan fingerprint density at radius 3 is 2.29 bits per heavy atom. The maximum atomic E-state index is 12.7. The van der Waals surface area contributed by atoms with E-state index in [4.69, 9.17) is 8.92 Å². The van der Waals surface area contributed by atoms with Crippen molar-refractivity contribution in [3.05, 3.63) is 65.2 Å². The van der Waals surface area contributed by atoms with E-state index in [2.05, 4.69) is 0 Å². The first kappa shape index (κ1) is 20.8. The van der Waals surface area contributed by atoms with Crippen molar-refractivity contribution in [1.82, 2.24) is 0 Å². The van der Waals surface area contributed by atoms with E-state index < -0.39 is 33.6 Å². The highest BCUT2D eigenvalue weighted by molar-refractivity contribution is 7.86. The third-order valence-electron chi connectivity index (χ3n) is 4.91. The van der Waals surface area contributed by atoms with Crippen molar-refractivity contribution >= 4 is 10.1 Å². The van der Waals surface area contributed by atoms with E-state index in [9.17, 15) is 21.6 Å². The zero-order chi connectivity index (χ0) is 20.6. The SMILES string of the molecule is Cc1ccc(S(=O)(=O)OC[C@H]2CC[C@@](C)(c3ccc(C(F)(F)F)cc3)O2)cc1. The fourth-order valence-electron chi connectivity index (χ4n) is 3.20. The molecule has 0 bridgehead atoms. The van der Waals surface area contributed by atoms with Gasteiger partial charge in [-0.1, -0.05) is 29.8 Å². The van der Waals surface area contributed by atoms with E-state index in [1.165, 1.54) is 24.3 Å². The van der Waals surface area contributed by atoms with Crippen LogP contribution in [0.5, 0.6) is 0 Å². The minimum atomic E-state index is -4.39. The molecule has 0 spiro atoms. The van der Waals surface area contributed by atoms with Crippen LogP contribution in [-0.4, -0.2) is 21.1 Å². The van der Waals surface area contributed by atoms with Crippen LogP contribution >= 0.6 is 0 Å². The Kier molecular flexibility index (Phi) is 5.58. The fraction of sp³-hybridized carbons (Fsp3) is 0.400. The summed E-state index contributed by atoms with van der Waals surface area (Å²) in [5, 5.41) is 0. The van der Waals surface area contributed by atoms with Gasteiger partial charge in [0.05, 0.1) is 28.8 Å². The molecule has 0 unspecified atom stereocenters. The van der Waals surface area contributed by atoms with E-state index in [0.29, 0.717) is 18.4 Å². The number of halogens is 3. The molecule has 28 heavy (non-hydrogen) atoms. The Balaban J connectivity index is 1.64. The van der Waals surface area contributed by atoms with E-state index in [1.807, 2.05) is 6.92 Å². The maximum absolute atomic E-state index is 12.7. The highest BCUT2D eigenvalue weighted by Crippen LogP contribution is 2.40. The Labute approximate surface area is 162 Å². The van der Waals surface area contributed by atoms with Gasteiger partial charge in [0, 0.05) is 0 Å². The number of ether oxygens (including phenoxy) is 1. The molecule has 2 aromatic rings. The van der Waals surface area contributed by atoms with Crippen LogP contribution in [0.4, 0.5) is 13.2 Å². The Morgan fingerprint density at radius 2 is 1.71 bits per heavy atom. The summed E-state index contributed by atoms with van der Waals surface area (Å²) in [4.78, 5) is 0.0709. The molecule has 2 atom stereocenters. The first-order valence-corrected chi connectivity index (χ1v) is 10.2. The summed E-state index contributed by atoms with van der Waals surface area (Å²) < 4.78 is 73.8. The molecule has 152 valence electrons. The van der Waals surface area contributed by atoms with Gasteiger partial charge < -0.3 is 4.74 Å². The average molecular weight is 414 g/mol. The van der Waals surface area contributed by atoms with E-state index in [-0.39, 0.29) is 11.5 Å². The summed E-state index contributed by atoms with van der Waals surface area (Å²) in [6, 6.07) is 11.2. The highest BCUT2D eigenvalue weighted by atomic mass is 32.2. The monoisotopic (exact) mass is 414 g/mol. The van der Waals surface area contributed by atoms with Crippen molar-refractivity contribution in [2.75, 3.05) is 6.61 Å². The maximum Gasteiger partial charge on any atom is 0.416 e. The van der Waals surface area contributed by atoms with Crippen LogP contribution in [0.25, 0.3) is 0 Å². The van der Waals surface area contributed by atoms with Gasteiger partial charge in [-0.05, 0) is 56.5 Å². The van der Waals surface area contributed by atoms with Crippen molar-refractivity contribution < 1.29 is 30.5 Å². The number of aryl methyl sites for hydroxylation is 1. The van der Waals surface area contributed by atoms with Gasteiger partial charge in [0.1, 0.15) is 0 Å².